The van der Waals surface area contributed by atoms with E-state index in [1.807, 2.05) is 0 Å². The Labute approximate surface area is 113 Å². The van der Waals surface area contributed by atoms with Crippen LogP contribution in [0.1, 0.15) is 37.3 Å². The van der Waals surface area contributed by atoms with Crippen molar-refractivity contribution in [1.29, 1.82) is 0 Å². The molecule has 20 heavy (non-hydrogen) atoms. The third kappa shape index (κ3) is 2.91. The van der Waals surface area contributed by atoms with Gasteiger partial charge in [0.1, 0.15) is 6.23 Å². The van der Waals surface area contributed by atoms with Crippen molar-refractivity contribution in [3.05, 3.63) is 32.2 Å². The zero-order valence-corrected chi connectivity index (χ0v) is 10.5. The van der Waals surface area contributed by atoms with Gasteiger partial charge in [-0.1, -0.05) is 0 Å². The predicted molar refractivity (Wildman–Crippen MR) is 64.5 cm³/mol. The lowest BCUT2D eigenvalue weighted by molar-refractivity contribution is -0.492. The quantitative estimate of drug-likeness (QED) is 0.624. The van der Waals surface area contributed by atoms with Gasteiger partial charge in [0, 0.05) is 11.5 Å². The van der Waals surface area contributed by atoms with Crippen molar-refractivity contribution < 1.29 is 19.7 Å². The highest BCUT2D eigenvalue weighted by Crippen LogP contribution is 2.31. The van der Waals surface area contributed by atoms with E-state index in [9.17, 15) is 25.3 Å². The molecule has 1 aromatic heterocycles. The Morgan fingerprint density at radius 3 is 2.80 bits per heavy atom. The van der Waals surface area contributed by atoms with Crippen molar-refractivity contribution in [2.75, 3.05) is 13.2 Å². The third-order valence-corrected chi connectivity index (χ3v) is 3.09. The smallest absolute Gasteiger partial charge is 0.380 e. The maximum absolute atomic E-state index is 10.9. The number of hydrogen-bond acceptors (Lipinski definition) is 7. The van der Waals surface area contributed by atoms with E-state index in [4.69, 9.17) is 4.74 Å². The lowest BCUT2D eigenvalue weighted by Crippen LogP contribution is -2.23. The number of hydrogen-bond donors (Lipinski definition) is 1. The van der Waals surface area contributed by atoms with Gasteiger partial charge in [-0.2, -0.15) is 0 Å². The minimum atomic E-state index is -1.60. The number of nitrogens with zero attached hydrogens (tertiary/aromatic N) is 4. The van der Waals surface area contributed by atoms with Crippen LogP contribution in [0.15, 0.2) is 6.33 Å². The maximum Gasteiger partial charge on any atom is 0.387 e. The van der Waals surface area contributed by atoms with Crippen LogP contribution in [0.5, 0.6) is 0 Å². The Hall–Kier alpha value is -2.07. The molecule has 0 saturated carbocycles. The van der Waals surface area contributed by atoms with Crippen molar-refractivity contribution in [2.45, 2.75) is 31.6 Å². The van der Waals surface area contributed by atoms with Crippen molar-refractivity contribution in [1.82, 2.24) is 9.55 Å². The Balaban J connectivity index is 2.35. The zero-order valence-electron chi connectivity index (χ0n) is 10.5. The fourth-order valence-electron chi connectivity index (χ4n) is 2.22. The molecule has 2 unspecified atom stereocenters. The number of nitro groups is 2. The molecule has 0 amide bonds. The van der Waals surface area contributed by atoms with Gasteiger partial charge >= 0.3 is 5.82 Å². The zero-order chi connectivity index (χ0) is 14.7. The summed E-state index contributed by atoms with van der Waals surface area (Å²) in [7, 11) is 0. The Kier molecular flexibility index (Phi) is 4.25. The van der Waals surface area contributed by atoms with Crippen LogP contribution in [0.2, 0.25) is 0 Å². The Morgan fingerprint density at radius 1 is 1.50 bits per heavy atom. The molecule has 0 aliphatic carbocycles. The second kappa shape index (κ2) is 5.92. The second-order valence-electron chi connectivity index (χ2n) is 4.47. The largest absolute Gasteiger partial charge is 0.387 e. The average molecular weight is 286 g/mol. The van der Waals surface area contributed by atoms with Gasteiger partial charge < -0.3 is 20.0 Å². The Morgan fingerprint density at radius 2 is 2.25 bits per heavy atom. The monoisotopic (exact) mass is 286 g/mol. The van der Waals surface area contributed by atoms with Gasteiger partial charge in [-0.3, -0.25) is 14.7 Å². The minimum Gasteiger partial charge on any atom is -0.380 e. The molecule has 2 atom stereocenters. The van der Waals surface area contributed by atoms with E-state index < -0.39 is 34.5 Å². The van der Waals surface area contributed by atoms with E-state index in [1.165, 1.54) is 10.9 Å². The second-order valence-corrected chi connectivity index (χ2v) is 4.47. The highest BCUT2D eigenvalue weighted by molar-refractivity contribution is 5.29. The summed E-state index contributed by atoms with van der Waals surface area (Å²) in [4.78, 5) is 23.5. The molecule has 1 aliphatic heterocycles. The first-order valence-corrected chi connectivity index (χ1v) is 6.13. The summed E-state index contributed by atoms with van der Waals surface area (Å²) in [6.07, 6.45) is 1.49. The molecule has 0 aromatic carbocycles. The van der Waals surface area contributed by atoms with E-state index in [2.05, 4.69) is 4.98 Å². The van der Waals surface area contributed by atoms with Gasteiger partial charge in [-0.25, -0.2) is 0 Å². The SMILES string of the molecule is O=[N+]([O-])CC(O)c1c([N+](=O)[O-])ncn1C1CCCCO1. The first kappa shape index (κ1) is 14.3. The van der Waals surface area contributed by atoms with E-state index in [1.54, 1.807) is 0 Å². The molecular weight excluding hydrogens is 272 g/mol. The van der Waals surface area contributed by atoms with Gasteiger partial charge in [0.2, 0.25) is 12.9 Å². The highest BCUT2D eigenvalue weighted by atomic mass is 16.6. The van der Waals surface area contributed by atoms with Crippen LogP contribution in [0, 0.1) is 20.2 Å². The summed E-state index contributed by atoms with van der Waals surface area (Å²) in [5, 5.41) is 31.3. The highest BCUT2D eigenvalue weighted by Gasteiger charge is 2.34. The Bertz CT molecular complexity index is 510. The number of rotatable bonds is 5. The molecule has 1 N–H and O–H groups in total. The topological polar surface area (TPSA) is 134 Å². The van der Waals surface area contributed by atoms with Crippen molar-refractivity contribution in [3.8, 4) is 0 Å². The van der Waals surface area contributed by atoms with E-state index >= 15 is 0 Å². The molecule has 10 nitrogen and oxygen atoms in total. The lowest BCUT2D eigenvalue weighted by atomic mass is 10.1. The minimum absolute atomic E-state index is 0.182. The fraction of sp³-hybridized carbons (Fsp3) is 0.700. The molecule has 0 bridgehead atoms. The summed E-state index contributed by atoms with van der Waals surface area (Å²) in [5.74, 6) is -0.575. The van der Waals surface area contributed by atoms with E-state index in [0.717, 1.165) is 12.8 Å². The molecule has 0 radical (unpaired) electrons. The first-order chi connectivity index (χ1) is 9.50. The first-order valence-electron chi connectivity index (χ1n) is 6.13. The van der Waals surface area contributed by atoms with Crippen LogP contribution in [-0.4, -0.2) is 37.7 Å². The molecule has 1 saturated heterocycles. The number of aliphatic hydroxyl groups excluding tert-OH is 1. The molecule has 110 valence electrons. The van der Waals surface area contributed by atoms with Crippen molar-refractivity contribution in [3.63, 3.8) is 0 Å². The van der Waals surface area contributed by atoms with Crippen LogP contribution in [-0.2, 0) is 4.74 Å². The van der Waals surface area contributed by atoms with Gasteiger partial charge in [0.05, 0.1) is 0 Å². The van der Waals surface area contributed by atoms with Crippen LogP contribution in [0.25, 0.3) is 0 Å². The number of ether oxygens (including phenoxy) is 1. The summed E-state index contributed by atoms with van der Waals surface area (Å²) >= 11 is 0. The van der Waals surface area contributed by atoms with Crippen molar-refractivity contribution in [2.24, 2.45) is 0 Å². The molecule has 1 aliphatic rings. The molecular formula is C10H14N4O6. The van der Waals surface area contributed by atoms with Crippen LogP contribution in [0.4, 0.5) is 5.82 Å². The number of imidazole rings is 1. The van der Waals surface area contributed by atoms with Gasteiger partial charge in [0.15, 0.2) is 11.8 Å². The predicted octanol–water partition coefficient (Wildman–Crippen LogP) is 0.800. The standard InChI is InChI=1S/C10H14N4O6/c15-7(5-13(16)17)9-10(14(18)19)11-6-12(9)8-3-1-2-4-20-8/h6-8,15H,1-5H2. The summed E-state index contributed by atoms with van der Waals surface area (Å²) in [5.41, 5.74) is -0.182. The van der Waals surface area contributed by atoms with E-state index in [0.29, 0.717) is 13.0 Å². The summed E-state index contributed by atoms with van der Waals surface area (Å²) in [6.45, 7) is -0.319. The van der Waals surface area contributed by atoms with E-state index in [-0.39, 0.29) is 5.69 Å². The summed E-state index contributed by atoms with van der Waals surface area (Å²) < 4.78 is 6.80. The molecule has 10 heteroatoms. The average Bonchev–Trinajstić information content (AvgIpc) is 2.83. The van der Waals surface area contributed by atoms with Crippen LogP contribution < -0.4 is 0 Å². The molecule has 0 spiro atoms. The van der Waals surface area contributed by atoms with Crippen molar-refractivity contribution >= 4 is 5.82 Å². The molecule has 2 heterocycles. The number of aromatic nitrogens is 2. The normalized spacial score (nSPS) is 20.6. The lowest BCUT2D eigenvalue weighted by Gasteiger charge is -2.24. The maximum atomic E-state index is 10.9. The molecule has 1 aromatic rings. The summed E-state index contributed by atoms with van der Waals surface area (Å²) in [6, 6.07) is 0. The fourth-order valence-corrected chi connectivity index (χ4v) is 2.22. The van der Waals surface area contributed by atoms with Gasteiger partial charge in [-0.15, -0.1) is 0 Å². The third-order valence-electron chi connectivity index (χ3n) is 3.09. The van der Waals surface area contributed by atoms with Gasteiger partial charge in [0.25, 0.3) is 0 Å². The molecule has 2 rings (SSSR count). The van der Waals surface area contributed by atoms with Gasteiger partial charge in [-0.05, 0) is 29.2 Å². The molecule has 1 fully saturated rings. The number of aliphatic hydroxyl groups is 1. The van der Waals surface area contributed by atoms with Crippen LogP contribution >= 0.6 is 0 Å². The van der Waals surface area contributed by atoms with Crippen LogP contribution in [0.3, 0.4) is 0 Å².